The van der Waals surface area contributed by atoms with Crippen molar-refractivity contribution in [1.29, 1.82) is 0 Å². The number of aromatic nitrogens is 2. The lowest BCUT2D eigenvalue weighted by molar-refractivity contribution is -0.172. The molecule has 3 aromatic rings. The minimum atomic E-state index is -1.90. The molecule has 5 rings (SSSR count). The Morgan fingerprint density at radius 2 is 2.00 bits per heavy atom. The third-order valence-electron chi connectivity index (χ3n) is 6.23. The fraction of sp³-hybridized carbons (Fsp3) is 0.318. The van der Waals surface area contributed by atoms with Crippen molar-refractivity contribution in [3.63, 3.8) is 0 Å². The third-order valence-corrected chi connectivity index (χ3v) is 6.23. The normalized spacial score (nSPS) is 19.4. The molecule has 4 heterocycles. The molecule has 2 aliphatic heterocycles. The highest BCUT2D eigenvalue weighted by Gasteiger charge is 2.45. The van der Waals surface area contributed by atoms with Crippen LogP contribution in [0.4, 0.5) is 4.39 Å². The van der Waals surface area contributed by atoms with Gasteiger partial charge >= 0.3 is 5.97 Å². The van der Waals surface area contributed by atoms with Crippen LogP contribution in [0.3, 0.4) is 0 Å². The van der Waals surface area contributed by atoms with Gasteiger partial charge in [-0.15, -0.1) is 0 Å². The number of phenols is 1. The lowest BCUT2D eigenvalue weighted by atomic mass is 9.86. The average Bonchev–Trinajstić information content (AvgIpc) is 3.09. The lowest BCUT2D eigenvalue weighted by Gasteiger charge is -2.31. The molecular weight excluding hydrogens is 391 g/mol. The topological polar surface area (TPSA) is 102 Å². The molecule has 0 radical (unpaired) electrons. The van der Waals surface area contributed by atoms with E-state index in [0.717, 1.165) is 11.1 Å². The van der Waals surface area contributed by atoms with Crippen LogP contribution in [0, 0.1) is 5.82 Å². The number of pyridine rings is 2. The standard InChI is InChI=1S/C22H19FN2O5/c1-3-10-11-5-18(26)15(23)7-16(11)24-19-12(10)8-25-17(19)6-14-13(20(25)27)9-30-21(28)22(14,29)4-2/h5-7,26,29H,3-4,8-9H2,1-2H3/t22-/m0/s1. The number of nitrogens with zero attached hydrogens (tertiary/aromatic N) is 2. The maximum absolute atomic E-state index is 14.0. The van der Waals surface area contributed by atoms with Crippen molar-refractivity contribution in [2.24, 2.45) is 0 Å². The summed E-state index contributed by atoms with van der Waals surface area (Å²) in [5.74, 6) is -2.01. The van der Waals surface area contributed by atoms with E-state index in [1.54, 1.807) is 17.6 Å². The molecule has 0 amide bonds. The van der Waals surface area contributed by atoms with Gasteiger partial charge in [0.2, 0.25) is 0 Å². The Kier molecular flexibility index (Phi) is 3.82. The van der Waals surface area contributed by atoms with Gasteiger partial charge in [-0.25, -0.2) is 14.2 Å². The van der Waals surface area contributed by atoms with Crippen molar-refractivity contribution in [2.45, 2.75) is 45.4 Å². The number of aromatic hydroxyl groups is 1. The van der Waals surface area contributed by atoms with Crippen LogP contribution in [0.1, 0.15) is 42.5 Å². The summed E-state index contributed by atoms with van der Waals surface area (Å²) in [5.41, 5.74) is 1.27. The lowest BCUT2D eigenvalue weighted by Crippen LogP contribution is -2.44. The predicted molar refractivity (Wildman–Crippen MR) is 106 cm³/mol. The number of hydrogen-bond donors (Lipinski definition) is 2. The molecule has 0 aliphatic carbocycles. The molecule has 30 heavy (non-hydrogen) atoms. The third kappa shape index (κ3) is 2.25. The number of hydrogen-bond acceptors (Lipinski definition) is 6. The maximum atomic E-state index is 14.0. The van der Waals surface area contributed by atoms with E-state index in [4.69, 9.17) is 4.74 Å². The molecule has 0 saturated heterocycles. The molecule has 7 nitrogen and oxygen atoms in total. The fourth-order valence-electron chi connectivity index (χ4n) is 4.58. The molecule has 0 fully saturated rings. The van der Waals surface area contributed by atoms with Gasteiger partial charge in [-0.05, 0) is 30.5 Å². The van der Waals surface area contributed by atoms with Crippen LogP contribution in [-0.2, 0) is 34.7 Å². The van der Waals surface area contributed by atoms with Gasteiger partial charge in [0.1, 0.15) is 6.61 Å². The molecule has 0 bridgehead atoms. The minimum Gasteiger partial charge on any atom is -0.505 e. The second-order valence-electron chi connectivity index (χ2n) is 7.69. The van der Waals surface area contributed by atoms with Crippen molar-refractivity contribution in [3.8, 4) is 17.1 Å². The summed E-state index contributed by atoms with van der Waals surface area (Å²) in [5, 5.41) is 21.4. The van der Waals surface area contributed by atoms with E-state index in [-0.39, 0.29) is 36.3 Å². The number of esters is 1. The average molecular weight is 410 g/mol. The molecule has 0 unspecified atom stereocenters. The summed E-state index contributed by atoms with van der Waals surface area (Å²) < 4.78 is 20.6. The number of aryl methyl sites for hydroxylation is 1. The van der Waals surface area contributed by atoms with Gasteiger partial charge in [-0.3, -0.25) is 4.79 Å². The summed E-state index contributed by atoms with van der Waals surface area (Å²) in [6.07, 6.45) is 0.653. The minimum absolute atomic E-state index is 0.0600. The van der Waals surface area contributed by atoms with Gasteiger partial charge in [0.05, 0.1) is 29.0 Å². The molecule has 1 aromatic carbocycles. The number of fused-ring (bicyclic) bond motifs is 5. The van der Waals surface area contributed by atoms with Crippen LogP contribution in [0.25, 0.3) is 22.3 Å². The fourth-order valence-corrected chi connectivity index (χ4v) is 4.58. The Hall–Kier alpha value is -3.26. The number of halogens is 1. The SMILES string of the molecule is CCc1c2c(nc3cc(F)c(O)cc13)-c1cc3c(c(=O)n1C2)COC(=O)[C@]3(O)CC. The molecular formula is C22H19FN2O5. The molecule has 1 atom stereocenters. The Bertz CT molecular complexity index is 1330. The molecule has 2 N–H and O–H groups in total. The van der Waals surface area contributed by atoms with E-state index in [1.807, 2.05) is 6.92 Å². The second kappa shape index (κ2) is 6.12. The number of rotatable bonds is 2. The zero-order valence-corrected chi connectivity index (χ0v) is 16.5. The first-order valence-corrected chi connectivity index (χ1v) is 9.81. The summed E-state index contributed by atoms with van der Waals surface area (Å²) in [6, 6.07) is 4.15. The highest BCUT2D eigenvalue weighted by Crippen LogP contribution is 2.40. The summed E-state index contributed by atoms with van der Waals surface area (Å²) in [6.45, 7) is 3.65. The molecule has 2 aliphatic rings. The number of phenolic OH excluding ortho intramolecular Hbond substituents is 1. The van der Waals surface area contributed by atoms with Gasteiger partial charge in [-0.2, -0.15) is 0 Å². The molecule has 154 valence electrons. The smallest absolute Gasteiger partial charge is 0.343 e. The zero-order valence-electron chi connectivity index (χ0n) is 16.5. The Morgan fingerprint density at radius 3 is 2.70 bits per heavy atom. The van der Waals surface area contributed by atoms with Crippen molar-refractivity contribution in [1.82, 2.24) is 9.55 Å². The highest BCUT2D eigenvalue weighted by atomic mass is 19.1. The maximum Gasteiger partial charge on any atom is 0.343 e. The van der Waals surface area contributed by atoms with E-state index >= 15 is 0 Å². The first-order chi connectivity index (χ1) is 14.3. The Labute approximate surface area is 170 Å². The van der Waals surface area contributed by atoms with Crippen molar-refractivity contribution >= 4 is 16.9 Å². The van der Waals surface area contributed by atoms with Crippen LogP contribution < -0.4 is 5.56 Å². The number of carbonyl (C=O) groups is 1. The van der Waals surface area contributed by atoms with Crippen LogP contribution in [0.15, 0.2) is 23.0 Å². The van der Waals surface area contributed by atoms with E-state index in [1.165, 1.54) is 12.1 Å². The number of cyclic esters (lactones) is 1. The van der Waals surface area contributed by atoms with Crippen LogP contribution in [0.5, 0.6) is 5.75 Å². The zero-order chi connectivity index (χ0) is 21.4. The van der Waals surface area contributed by atoms with Crippen molar-refractivity contribution in [3.05, 3.63) is 56.6 Å². The largest absolute Gasteiger partial charge is 0.505 e. The van der Waals surface area contributed by atoms with Gasteiger partial charge in [0.25, 0.3) is 5.56 Å². The van der Waals surface area contributed by atoms with Crippen LogP contribution in [-0.4, -0.2) is 25.7 Å². The second-order valence-corrected chi connectivity index (χ2v) is 7.69. The molecule has 0 saturated carbocycles. The van der Waals surface area contributed by atoms with Crippen LogP contribution in [0.2, 0.25) is 0 Å². The summed E-state index contributed by atoms with van der Waals surface area (Å²) in [4.78, 5) is 30.0. The van der Waals surface area contributed by atoms with E-state index < -0.39 is 23.1 Å². The molecule has 2 aromatic heterocycles. The first kappa shape index (κ1) is 18.7. The van der Waals surface area contributed by atoms with E-state index in [9.17, 15) is 24.2 Å². The molecule has 0 spiro atoms. The van der Waals surface area contributed by atoms with E-state index in [0.29, 0.717) is 28.7 Å². The number of ether oxygens (including phenoxy) is 1. The molecule has 8 heteroatoms. The highest BCUT2D eigenvalue weighted by molar-refractivity contribution is 5.90. The summed E-state index contributed by atoms with van der Waals surface area (Å²) in [7, 11) is 0. The monoisotopic (exact) mass is 410 g/mol. The number of aliphatic hydroxyl groups is 1. The van der Waals surface area contributed by atoms with E-state index in [2.05, 4.69) is 4.98 Å². The predicted octanol–water partition coefficient (Wildman–Crippen LogP) is 2.49. The number of benzene rings is 1. The number of carbonyl (C=O) groups excluding carboxylic acids is 1. The van der Waals surface area contributed by atoms with Gasteiger partial charge in [0.15, 0.2) is 17.2 Å². The van der Waals surface area contributed by atoms with Gasteiger partial charge in [-0.1, -0.05) is 13.8 Å². The first-order valence-electron chi connectivity index (χ1n) is 9.81. The van der Waals surface area contributed by atoms with Gasteiger partial charge in [0, 0.05) is 22.6 Å². The Balaban J connectivity index is 1.84. The summed E-state index contributed by atoms with van der Waals surface area (Å²) >= 11 is 0. The van der Waals surface area contributed by atoms with Crippen LogP contribution >= 0.6 is 0 Å². The van der Waals surface area contributed by atoms with Gasteiger partial charge < -0.3 is 19.5 Å². The van der Waals surface area contributed by atoms with Crippen molar-refractivity contribution in [2.75, 3.05) is 0 Å². The Morgan fingerprint density at radius 1 is 1.23 bits per heavy atom. The van der Waals surface area contributed by atoms with Crippen molar-refractivity contribution < 1.29 is 24.1 Å². The quantitative estimate of drug-likeness (QED) is 0.493.